The highest BCUT2D eigenvalue weighted by Crippen LogP contribution is 2.19. The summed E-state index contributed by atoms with van der Waals surface area (Å²) in [6.07, 6.45) is 1.90. The van der Waals surface area contributed by atoms with Crippen molar-refractivity contribution in [3.63, 3.8) is 0 Å². The minimum atomic E-state index is -0.896. The fraction of sp³-hybridized carbons (Fsp3) is 0.200. The van der Waals surface area contributed by atoms with Gasteiger partial charge >= 0.3 is 12.1 Å². The summed E-state index contributed by atoms with van der Waals surface area (Å²) in [5.74, 6) is -0.605. The van der Waals surface area contributed by atoms with Gasteiger partial charge in [-0.05, 0) is 6.92 Å². The molecule has 1 N–H and O–H groups in total. The second-order valence-corrected chi connectivity index (χ2v) is 3.20. The number of ether oxygens (including phenoxy) is 1. The third kappa shape index (κ3) is 2.54. The lowest BCUT2D eigenvalue weighted by atomic mass is 10.2. The van der Waals surface area contributed by atoms with Crippen molar-refractivity contribution in [1.29, 1.82) is 0 Å². The zero-order valence-electron chi connectivity index (χ0n) is 9.37. The Morgan fingerprint density at radius 2 is 2.33 bits per heavy atom. The average molecular weight is 251 g/mol. The first-order chi connectivity index (χ1) is 8.70. The molecule has 18 heavy (non-hydrogen) atoms. The van der Waals surface area contributed by atoms with Crippen molar-refractivity contribution in [2.45, 2.75) is 6.92 Å². The number of carbonyl (C=O) groups is 2. The first-order valence-electron chi connectivity index (χ1n) is 5.07. The van der Waals surface area contributed by atoms with E-state index < -0.39 is 12.1 Å². The molecule has 0 saturated carbocycles. The van der Waals surface area contributed by atoms with Crippen molar-refractivity contribution in [3.05, 3.63) is 24.2 Å². The number of carbonyl (C=O) groups excluding carboxylic acids is 2. The van der Waals surface area contributed by atoms with E-state index in [-0.39, 0.29) is 5.69 Å². The first kappa shape index (κ1) is 11.8. The molecule has 0 aliphatic rings. The van der Waals surface area contributed by atoms with Crippen LogP contribution in [-0.2, 0) is 4.74 Å². The molecule has 2 aromatic heterocycles. The summed E-state index contributed by atoms with van der Waals surface area (Å²) in [4.78, 5) is 22.5. The summed E-state index contributed by atoms with van der Waals surface area (Å²) in [7, 11) is 0. The van der Waals surface area contributed by atoms with Crippen LogP contribution in [0.1, 0.15) is 17.4 Å². The minimum absolute atomic E-state index is 0.113. The van der Waals surface area contributed by atoms with Crippen LogP contribution in [0.15, 0.2) is 27.6 Å². The van der Waals surface area contributed by atoms with Gasteiger partial charge in [0.2, 0.25) is 0 Å². The van der Waals surface area contributed by atoms with Crippen molar-refractivity contribution in [3.8, 4) is 11.3 Å². The van der Waals surface area contributed by atoms with Crippen molar-refractivity contribution in [2.24, 2.45) is 0 Å². The molecule has 2 aromatic rings. The molecule has 2 rings (SSSR count). The largest absolute Gasteiger partial charge is 0.415 e. The fourth-order valence-corrected chi connectivity index (χ4v) is 1.15. The molecule has 0 atom stereocenters. The SMILES string of the molecule is CCNC(=O)OC(=O)c1cc(-c2cnoc2)on1. The number of nitrogens with one attached hydrogen (secondary N) is 1. The number of hydrogen-bond donors (Lipinski definition) is 1. The molecule has 0 aliphatic carbocycles. The summed E-state index contributed by atoms with van der Waals surface area (Å²) in [6, 6.07) is 1.33. The molecule has 0 fully saturated rings. The van der Waals surface area contributed by atoms with E-state index in [1.807, 2.05) is 0 Å². The third-order valence-electron chi connectivity index (χ3n) is 1.94. The summed E-state index contributed by atoms with van der Waals surface area (Å²) in [5, 5.41) is 9.28. The second-order valence-electron chi connectivity index (χ2n) is 3.20. The van der Waals surface area contributed by atoms with E-state index in [1.54, 1.807) is 6.92 Å². The zero-order valence-corrected chi connectivity index (χ0v) is 9.37. The molecule has 94 valence electrons. The molecule has 0 bridgehead atoms. The normalized spacial score (nSPS) is 10.1. The summed E-state index contributed by atoms with van der Waals surface area (Å²) < 4.78 is 14.0. The highest BCUT2D eigenvalue weighted by Gasteiger charge is 2.18. The summed E-state index contributed by atoms with van der Waals surface area (Å²) in [6.45, 7) is 2.06. The quantitative estimate of drug-likeness (QED) is 0.645. The molecule has 0 aromatic carbocycles. The number of amides is 1. The second kappa shape index (κ2) is 5.13. The number of esters is 1. The van der Waals surface area contributed by atoms with Gasteiger partial charge in [-0.3, -0.25) is 0 Å². The predicted molar refractivity (Wildman–Crippen MR) is 56.5 cm³/mol. The molecule has 0 unspecified atom stereocenters. The number of aromatic nitrogens is 2. The van der Waals surface area contributed by atoms with Gasteiger partial charge in [0.1, 0.15) is 6.26 Å². The molecule has 8 nitrogen and oxygen atoms in total. The van der Waals surface area contributed by atoms with E-state index in [1.165, 1.54) is 18.5 Å². The van der Waals surface area contributed by atoms with Crippen LogP contribution in [-0.4, -0.2) is 28.9 Å². The van der Waals surface area contributed by atoms with Gasteiger partial charge in [0.25, 0.3) is 0 Å². The highest BCUT2D eigenvalue weighted by atomic mass is 16.6. The van der Waals surface area contributed by atoms with Crippen LogP contribution in [0, 0.1) is 0 Å². The third-order valence-corrected chi connectivity index (χ3v) is 1.94. The van der Waals surface area contributed by atoms with Gasteiger partial charge < -0.3 is 19.1 Å². The molecular formula is C10H9N3O5. The lowest BCUT2D eigenvalue weighted by Crippen LogP contribution is -2.26. The van der Waals surface area contributed by atoms with Crippen molar-refractivity contribution in [1.82, 2.24) is 15.6 Å². The van der Waals surface area contributed by atoms with Crippen LogP contribution < -0.4 is 5.32 Å². The van der Waals surface area contributed by atoms with Gasteiger partial charge in [-0.2, -0.15) is 0 Å². The maximum absolute atomic E-state index is 11.5. The van der Waals surface area contributed by atoms with Gasteiger partial charge in [0.15, 0.2) is 11.5 Å². The van der Waals surface area contributed by atoms with E-state index >= 15 is 0 Å². The van der Waals surface area contributed by atoms with Crippen LogP contribution in [0.2, 0.25) is 0 Å². The maximum Gasteiger partial charge on any atom is 0.415 e. The lowest BCUT2D eigenvalue weighted by molar-refractivity contribution is 0.0612. The lowest BCUT2D eigenvalue weighted by Gasteiger charge is -1.99. The number of rotatable bonds is 3. The Hall–Kier alpha value is -2.64. The molecule has 0 aliphatic heterocycles. The Balaban J connectivity index is 2.06. The van der Waals surface area contributed by atoms with E-state index in [2.05, 4.69) is 24.9 Å². The first-order valence-corrected chi connectivity index (χ1v) is 5.07. The Labute approximate surface area is 101 Å². The van der Waals surface area contributed by atoms with Gasteiger partial charge in [-0.25, -0.2) is 9.59 Å². The van der Waals surface area contributed by atoms with Gasteiger partial charge in [0.05, 0.1) is 11.8 Å². The Morgan fingerprint density at radius 1 is 1.50 bits per heavy atom. The number of alkyl carbamates (subject to hydrolysis) is 1. The Kier molecular flexibility index (Phi) is 3.37. The summed E-state index contributed by atoms with van der Waals surface area (Å²) >= 11 is 0. The van der Waals surface area contributed by atoms with Crippen LogP contribution in [0.5, 0.6) is 0 Å². The molecule has 8 heteroatoms. The standard InChI is InChI=1S/C10H9N3O5/c1-2-11-10(15)17-9(14)7-3-8(18-13-7)6-4-12-16-5-6/h3-5H,2H2,1H3,(H,11,15). The predicted octanol–water partition coefficient (Wildman–Crippen LogP) is 1.22. The smallest absolute Gasteiger partial charge is 0.371 e. The van der Waals surface area contributed by atoms with Crippen molar-refractivity contribution >= 4 is 12.1 Å². The molecule has 0 radical (unpaired) electrons. The number of hydrogen-bond acceptors (Lipinski definition) is 7. The van der Waals surface area contributed by atoms with E-state index in [0.29, 0.717) is 17.9 Å². The Morgan fingerprint density at radius 3 is 3.00 bits per heavy atom. The van der Waals surface area contributed by atoms with Crippen LogP contribution in [0.3, 0.4) is 0 Å². The zero-order chi connectivity index (χ0) is 13.0. The van der Waals surface area contributed by atoms with Gasteiger partial charge in [-0.15, -0.1) is 0 Å². The highest BCUT2D eigenvalue weighted by molar-refractivity contribution is 5.95. The maximum atomic E-state index is 11.5. The molecular weight excluding hydrogens is 242 g/mol. The molecule has 2 heterocycles. The van der Waals surface area contributed by atoms with E-state index in [9.17, 15) is 9.59 Å². The monoisotopic (exact) mass is 251 g/mol. The topological polar surface area (TPSA) is 107 Å². The van der Waals surface area contributed by atoms with Crippen molar-refractivity contribution < 1.29 is 23.4 Å². The molecule has 0 saturated heterocycles. The van der Waals surface area contributed by atoms with Crippen LogP contribution in [0.4, 0.5) is 4.79 Å². The van der Waals surface area contributed by atoms with E-state index in [4.69, 9.17) is 4.52 Å². The number of nitrogens with zero attached hydrogens (tertiary/aromatic N) is 2. The minimum Gasteiger partial charge on any atom is -0.371 e. The van der Waals surface area contributed by atoms with Crippen LogP contribution in [0.25, 0.3) is 11.3 Å². The fourth-order valence-electron chi connectivity index (χ4n) is 1.15. The van der Waals surface area contributed by atoms with Gasteiger partial charge in [0, 0.05) is 12.6 Å². The molecule has 1 amide bonds. The van der Waals surface area contributed by atoms with Gasteiger partial charge in [-0.1, -0.05) is 10.3 Å². The van der Waals surface area contributed by atoms with E-state index in [0.717, 1.165) is 0 Å². The average Bonchev–Trinajstić information content (AvgIpc) is 3.00. The van der Waals surface area contributed by atoms with Crippen LogP contribution >= 0.6 is 0 Å². The summed E-state index contributed by atoms with van der Waals surface area (Å²) in [5.41, 5.74) is 0.414. The Bertz CT molecular complexity index is 546. The van der Waals surface area contributed by atoms with Crippen molar-refractivity contribution in [2.75, 3.05) is 6.54 Å². The molecule has 0 spiro atoms.